The van der Waals surface area contributed by atoms with E-state index in [1.54, 1.807) is 18.3 Å². The summed E-state index contributed by atoms with van der Waals surface area (Å²) >= 11 is 2.85. The van der Waals surface area contributed by atoms with Crippen molar-refractivity contribution >= 4 is 50.6 Å². The molecular weight excluding hydrogens is 391 g/mol. The minimum atomic E-state index is -0.952. The first kappa shape index (κ1) is 19.2. The number of hydrogen-bond donors (Lipinski definition) is 1. The molecule has 7 nitrogen and oxygen atoms in total. The van der Waals surface area contributed by atoms with Gasteiger partial charge in [0.15, 0.2) is 0 Å². The van der Waals surface area contributed by atoms with Crippen LogP contribution < -0.4 is 5.32 Å². The summed E-state index contributed by atoms with van der Waals surface area (Å²) in [7, 11) is 0. The Morgan fingerprint density at radius 3 is 2.81 bits per heavy atom. The number of hydrogen-bond acceptors (Lipinski definition) is 7. The molecule has 0 bridgehead atoms. The van der Waals surface area contributed by atoms with Gasteiger partial charge in [-0.05, 0) is 38.5 Å². The predicted molar refractivity (Wildman–Crippen MR) is 104 cm³/mol. The number of nitrogens with one attached hydrogen (secondary N) is 1. The van der Waals surface area contributed by atoms with Gasteiger partial charge in [-0.3, -0.25) is 14.9 Å². The molecule has 0 radical (unpaired) electrons. The molecule has 140 valence electrons. The van der Waals surface area contributed by atoms with Crippen LogP contribution in [0.25, 0.3) is 10.2 Å². The van der Waals surface area contributed by atoms with Gasteiger partial charge in [0.2, 0.25) is 11.7 Å². The van der Waals surface area contributed by atoms with Gasteiger partial charge in [0, 0.05) is 22.0 Å². The maximum absolute atomic E-state index is 13.4. The Kier molecular flexibility index (Phi) is 5.38. The van der Waals surface area contributed by atoms with Gasteiger partial charge in [0.1, 0.15) is 16.2 Å². The molecule has 2 heterocycles. The zero-order valence-corrected chi connectivity index (χ0v) is 16.3. The van der Waals surface area contributed by atoms with E-state index in [4.69, 9.17) is 0 Å². The highest BCUT2D eigenvalue weighted by molar-refractivity contribution is 8.00. The lowest BCUT2D eigenvalue weighted by Gasteiger charge is -2.12. The van der Waals surface area contributed by atoms with E-state index in [1.807, 2.05) is 13.8 Å². The molecular formula is C17H15FN4O3S2. The minimum absolute atomic E-state index is 0.163. The fraction of sp³-hybridized carbons (Fsp3) is 0.235. The van der Waals surface area contributed by atoms with Crippen LogP contribution in [0, 0.1) is 29.8 Å². The third kappa shape index (κ3) is 3.91. The number of anilines is 1. The van der Waals surface area contributed by atoms with Crippen LogP contribution in [0.4, 0.5) is 15.8 Å². The largest absolute Gasteiger partial charge is 0.325 e. The minimum Gasteiger partial charge on any atom is -0.325 e. The van der Waals surface area contributed by atoms with Gasteiger partial charge in [-0.25, -0.2) is 9.97 Å². The maximum atomic E-state index is 13.4. The average molecular weight is 406 g/mol. The first-order chi connectivity index (χ1) is 12.8. The van der Waals surface area contributed by atoms with Crippen LogP contribution in [0.1, 0.15) is 17.4 Å². The van der Waals surface area contributed by atoms with Crippen LogP contribution in [-0.4, -0.2) is 26.0 Å². The van der Waals surface area contributed by atoms with E-state index in [9.17, 15) is 19.3 Å². The van der Waals surface area contributed by atoms with E-state index < -0.39 is 21.7 Å². The number of carbonyl (C=O) groups is 1. The summed E-state index contributed by atoms with van der Waals surface area (Å²) in [6.45, 7) is 5.71. The van der Waals surface area contributed by atoms with Crippen LogP contribution in [0.15, 0.2) is 29.6 Å². The molecule has 1 atom stereocenters. The molecule has 0 saturated heterocycles. The number of amides is 1. The number of benzene rings is 1. The second kappa shape index (κ2) is 7.57. The van der Waals surface area contributed by atoms with Gasteiger partial charge in [-0.2, -0.15) is 4.39 Å². The Hall–Kier alpha value is -2.59. The highest BCUT2D eigenvalue weighted by Gasteiger charge is 2.21. The van der Waals surface area contributed by atoms with Crippen molar-refractivity contribution in [2.24, 2.45) is 0 Å². The molecule has 0 aliphatic heterocycles. The quantitative estimate of drug-likeness (QED) is 0.290. The maximum Gasteiger partial charge on any atom is 0.306 e. The lowest BCUT2D eigenvalue weighted by atomic mass is 10.2. The number of aromatic nitrogens is 2. The number of fused-ring (bicyclic) bond motifs is 1. The monoisotopic (exact) mass is 406 g/mol. The average Bonchev–Trinajstić information content (AvgIpc) is 2.91. The third-order valence-corrected chi connectivity index (χ3v) is 6.21. The number of nitro groups is 1. The van der Waals surface area contributed by atoms with Crippen LogP contribution in [0.2, 0.25) is 0 Å². The van der Waals surface area contributed by atoms with E-state index in [1.165, 1.54) is 24.2 Å². The molecule has 27 heavy (non-hydrogen) atoms. The molecule has 2 aromatic heterocycles. The molecule has 3 rings (SSSR count). The molecule has 0 unspecified atom stereocenters. The predicted octanol–water partition coefficient (Wildman–Crippen LogP) is 4.47. The van der Waals surface area contributed by atoms with Gasteiger partial charge in [0.25, 0.3) is 0 Å². The number of thiophene rings is 1. The lowest BCUT2D eigenvalue weighted by molar-refractivity contribution is -0.387. The fourth-order valence-electron chi connectivity index (χ4n) is 2.43. The Morgan fingerprint density at radius 2 is 2.11 bits per heavy atom. The molecule has 0 saturated carbocycles. The first-order valence-electron chi connectivity index (χ1n) is 7.90. The standard InChI is InChI=1S/C17H15FN4O3S2/c1-8-9(2)26-16-14(8)17(20-7-19-16)27-10(3)15(23)21-11-4-5-12(18)13(6-11)22(24)25/h4-7,10H,1-3H3,(H,21,23)/t10-/m1/s1. The number of thioether (sulfide) groups is 1. The molecule has 1 aromatic carbocycles. The number of nitro benzene ring substituents is 1. The Morgan fingerprint density at radius 1 is 1.37 bits per heavy atom. The van der Waals surface area contributed by atoms with Crippen molar-refractivity contribution in [3.8, 4) is 0 Å². The zero-order chi connectivity index (χ0) is 19.7. The molecule has 0 fully saturated rings. The second-order valence-electron chi connectivity index (χ2n) is 5.81. The summed E-state index contributed by atoms with van der Waals surface area (Å²) < 4.78 is 13.4. The molecule has 0 aliphatic rings. The van der Waals surface area contributed by atoms with Crippen molar-refractivity contribution in [2.75, 3.05) is 5.32 Å². The highest BCUT2D eigenvalue weighted by Crippen LogP contribution is 2.36. The zero-order valence-electron chi connectivity index (χ0n) is 14.6. The lowest BCUT2D eigenvalue weighted by Crippen LogP contribution is -2.22. The normalized spacial score (nSPS) is 12.1. The van der Waals surface area contributed by atoms with Crippen molar-refractivity contribution in [3.05, 3.63) is 50.9 Å². The summed E-state index contributed by atoms with van der Waals surface area (Å²) in [5.74, 6) is -1.32. The third-order valence-electron chi connectivity index (χ3n) is 4.00. The van der Waals surface area contributed by atoms with E-state index in [-0.39, 0.29) is 11.6 Å². The van der Waals surface area contributed by atoms with E-state index in [0.717, 1.165) is 32.8 Å². The fourth-order valence-corrected chi connectivity index (χ4v) is 4.47. The molecule has 1 amide bonds. The molecule has 1 N–H and O–H groups in total. The summed E-state index contributed by atoms with van der Waals surface area (Å²) in [6.07, 6.45) is 1.47. The Bertz CT molecular complexity index is 1050. The van der Waals surface area contributed by atoms with Crippen molar-refractivity contribution < 1.29 is 14.1 Å². The Labute approximate surface area is 162 Å². The first-order valence-corrected chi connectivity index (χ1v) is 9.59. The topological polar surface area (TPSA) is 98.0 Å². The molecule has 0 aliphatic carbocycles. The van der Waals surface area contributed by atoms with Crippen molar-refractivity contribution in [1.82, 2.24) is 9.97 Å². The van der Waals surface area contributed by atoms with Gasteiger partial charge in [0.05, 0.1) is 10.2 Å². The van der Waals surface area contributed by atoms with Crippen molar-refractivity contribution in [2.45, 2.75) is 31.0 Å². The van der Waals surface area contributed by atoms with E-state index >= 15 is 0 Å². The van der Waals surface area contributed by atoms with Gasteiger partial charge in [-0.15, -0.1) is 11.3 Å². The van der Waals surface area contributed by atoms with Crippen LogP contribution in [0.5, 0.6) is 0 Å². The Balaban J connectivity index is 1.79. The SMILES string of the molecule is Cc1sc2ncnc(S[C@H](C)C(=O)Nc3ccc(F)c([N+](=O)[O-])c3)c2c1C. The summed E-state index contributed by atoms with van der Waals surface area (Å²) in [5.41, 5.74) is 0.561. The number of halogens is 1. The van der Waals surface area contributed by atoms with Crippen LogP contribution in [-0.2, 0) is 4.79 Å². The molecule has 0 spiro atoms. The molecule has 10 heteroatoms. The smallest absolute Gasteiger partial charge is 0.306 e. The van der Waals surface area contributed by atoms with Gasteiger partial charge < -0.3 is 5.32 Å². The van der Waals surface area contributed by atoms with Crippen LogP contribution >= 0.6 is 23.1 Å². The second-order valence-corrected chi connectivity index (χ2v) is 8.35. The van der Waals surface area contributed by atoms with Crippen molar-refractivity contribution in [1.29, 1.82) is 0 Å². The van der Waals surface area contributed by atoms with E-state index in [2.05, 4.69) is 15.3 Å². The van der Waals surface area contributed by atoms with Crippen LogP contribution in [0.3, 0.4) is 0 Å². The number of rotatable bonds is 5. The van der Waals surface area contributed by atoms with Gasteiger partial charge >= 0.3 is 5.69 Å². The van der Waals surface area contributed by atoms with Crippen molar-refractivity contribution in [3.63, 3.8) is 0 Å². The number of aryl methyl sites for hydroxylation is 2. The summed E-state index contributed by atoms with van der Waals surface area (Å²) in [4.78, 5) is 33.0. The number of carbonyl (C=O) groups excluding carboxylic acids is 1. The van der Waals surface area contributed by atoms with Gasteiger partial charge in [-0.1, -0.05) is 11.8 Å². The highest BCUT2D eigenvalue weighted by atomic mass is 32.2. The molecule has 3 aromatic rings. The summed E-state index contributed by atoms with van der Waals surface area (Å²) in [5, 5.41) is 14.5. The summed E-state index contributed by atoms with van der Waals surface area (Å²) in [6, 6.07) is 3.24. The van der Waals surface area contributed by atoms with E-state index in [0.29, 0.717) is 5.03 Å². The number of nitrogens with zero attached hydrogens (tertiary/aromatic N) is 3.